The SMILES string of the molecule is Cc1ccc(C(C)(C)C)cc1C1(C)CCCCC1(C)Cc1cc2c3c(c1)N(c1ccc(C(C)(C)C)cc1)c1c(sc4cc5c(cc14)C(C)(C)CCC5(C)C)B3c1cc3c(cc1N2c1ccc2c(c1)C(C)(C)CCC2(C)C)C(C)(C)CCC3(C)C. The highest BCUT2D eigenvalue weighted by molar-refractivity contribution is 7.33. The van der Waals surface area contributed by atoms with Gasteiger partial charge in [0.05, 0.1) is 5.69 Å². The molecule has 13 rings (SSSR count). The number of benzene rings is 6. The van der Waals surface area contributed by atoms with Gasteiger partial charge in [-0.3, -0.25) is 0 Å². The van der Waals surface area contributed by atoms with Crippen LogP contribution in [0.15, 0.2) is 97.1 Å². The molecular weight excluding hydrogens is 1030 g/mol. The third-order valence-electron chi connectivity index (χ3n) is 24.0. The van der Waals surface area contributed by atoms with Crippen molar-refractivity contribution in [1.29, 1.82) is 0 Å². The van der Waals surface area contributed by atoms with Crippen LogP contribution in [0.25, 0.3) is 10.1 Å². The third kappa shape index (κ3) is 8.77. The van der Waals surface area contributed by atoms with Gasteiger partial charge >= 0.3 is 0 Å². The Hall–Kier alpha value is -5.06. The Bertz CT molecular complexity index is 3860. The maximum Gasteiger partial charge on any atom is 0.264 e. The molecule has 0 radical (unpaired) electrons. The number of fused-ring (bicyclic) bond motifs is 9. The van der Waals surface area contributed by atoms with Crippen molar-refractivity contribution >= 4 is 78.0 Å². The number of thiophene rings is 1. The van der Waals surface area contributed by atoms with E-state index in [0.29, 0.717) is 0 Å². The van der Waals surface area contributed by atoms with Gasteiger partial charge in [-0.1, -0.05) is 194 Å². The Morgan fingerprint density at radius 1 is 0.440 bits per heavy atom. The predicted octanol–water partition coefficient (Wildman–Crippen LogP) is 21.0. The highest BCUT2D eigenvalue weighted by atomic mass is 32.1. The van der Waals surface area contributed by atoms with E-state index in [1.54, 1.807) is 16.7 Å². The zero-order valence-corrected chi connectivity index (χ0v) is 56.7. The molecule has 440 valence electrons. The molecule has 1 saturated carbocycles. The summed E-state index contributed by atoms with van der Waals surface area (Å²) in [4.78, 5) is 5.63. The largest absolute Gasteiger partial charge is 0.311 e. The number of rotatable bonds is 5. The fourth-order valence-corrected chi connectivity index (χ4v) is 18.9. The fraction of sp³-hybridized carbons (Fsp3) is 0.525. The van der Waals surface area contributed by atoms with Crippen LogP contribution in [0.4, 0.5) is 34.1 Å². The first-order valence-corrected chi connectivity index (χ1v) is 33.7. The minimum Gasteiger partial charge on any atom is -0.311 e. The summed E-state index contributed by atoms with van der Waals surface area (Å²) in [5, 5.41) is 1.42. The van der Waals surface area contributed by atoms with E-state index >= 15 is 0 Å². The maximum absolute atomic E-state index is 2.83. The number of aryl methyl sites for hydroxylation is 1. The normalized spacial score (nSPS) is 23.9. The van der Waals surface area contributed by atoms with Crippen LogP contribution in [0, 0.1) is 12.3 Å². The van der Waals surface area contributed by atoms with Gasteiger partial charge in [0.2, 0.25) is 0 Å². The molecule has 1 aromatic heterocycles. The number of anilines is 6. The molecule has 2 nitrogen and oxygen atoms in total. The van der Waals surface area contributed by atoms with E-state index in [0.717, 1.165) is 6.42 Å². The van der Waals surface area contributed by atoms with Crippen molar-refractivity contribution in [2.45, 2.75) is 265 Å². The third-order valence-corrected chi connectivity index (χ3v) is 25.2. The minimum atomic E-state index is -0.0221. The summed E-state index contributed by atoms with van der Waals surface area (Å²) in [6.45, 7) is 52.3. The van der Waals surface area contributed by atoms with Crippen molar-refractivity contribution in [2.75, 3.05) is 9.80 Å². The molecule has 0 saturated heterocycles. The molecule has 1 fully saturated rings. The number of nitrogens with zero attached hydrogens (tertiary/aromatic N) is 2. The van der Waals surface area contributed by atoms with Crippen LogP contribution < -0.4 is 25.5 Å². The summed E-state index contributed by atoms with van der Waals surface area (Å²) in [5.74, 6) is 0. The van der Waals surface area contributed by atoms with Gasteiger partial charge in [0.25, 0.3) is 6.71 Å². The van der Waals surface area contributed by atoms with Gasteiger partial charge in [0.1, 0.15) is 0 Å². The zero-order valence-electron chi connectivity index (χ0n) is 55.9. The van der Waals surface area contributed by atoms with Crippen molar-refractivity contribution in [3.63, 3.8) is 0 Å². The van der Waals surface area contributed by atoms with Crippen LogP contribution in [0.5, 0.6) is 0 Å². The molecule has 0 spiro atoms. The van der Waals surface area contributed by atoms with Crippen LogP contribution in [-0.4, -0.2) is 6.71 Å². The summed E-state index contributed by atoms with van der Waals surface area (Å²) < 4.78 is 2.92. The monoisotopic (exact) mass is 1130 g/mol. The van der Waals surface area contributed by atoms with Gasteiger partial charge < -0.3 is 9.80 Å². The lowest BCUT2D eigenvalue weighted by atomic mass is 9.35. The van der Waals surface area contributed by atoms with Crippen molar-refractivity contribution < 1.29 is 0 Å². The second-order valence-corrected chi connectivity index (χ2v) is 35.8. The van der Waals surface area contributed by atoms with Crippen LogP contribution in [0.3, 0.4) is 0 Å². The van der Waals surface area contributed by atoms with E-state index in [2.05, 4.69) is 264 Å². The Morgan fingerprint density at radius 3 is 1.51 bits per heavy atom. The standard InChI is InChI=1S/C80H101BN2S/c1-49-24-25-52(72(5,6)7)42-57(49)80(21)33-23-22-32-79(80,20)48-50-40-65-68-66(41-50)83(53-28-26-51(27-29-53)71(2,3)4)69-55-44-59-62(78(18,19)39-36-75(59,12)13)47-67(55)84-70(69)81(68)63-45-60-61(77(16,17)38-37-76(60,14)15)46-64(63)82(65)54-30-31-56-58(43-54)74(10,11)35-34-73(56,8)9/h24-31,40-47H,22-23,32-39,48H2,1-21H3. The Morgan fingerprint density at radius 2 is 0.929 bits per heavy atom. The van der Waals surface area contributed by atoms with Gasteiger partial charge in [-0.05, 0) is 246 Å². The molecule has 0 bridgehead atoms. The quantitative estimate of drug-likeness (QED) is 0.159. The number of hydrogen-bond acceptors (Lipinski definition) is 3. The fourth-order valence-electron chi connectivity index (χ4n) is 17.6. The Kier molecular flexibility index (Phi) is 12.8. The summed E-state index contributed by atoms with van der Waals surface area (Å²) in [6.07, 6.45) is 13.1. The van der Waals surface area contributed by atoms with Crippen LogP contribution in [0.2, 0.25) is 0 Å². The average molecular weight is 1130 g/mol. The second-order valence-electron chi connectivity index (χ2n) is 34.7. The van der Waals surface area contributed by atoms with Gasteiger partial charge in [0.15, 0.2) is 0 Å². The highest BCUT2D eigenvalue weighted by Crippen LogP contribution is 2.59. The predicted molar refractivity (Wildman–Crippen MR) is 368 cm³/mol. The van der Waals surface area contributed by atoms with Crippen molar-refractivity contribution in [1.82, 2.24) is 0 Å². The topological polar surface area (TPSA) is 6.48 Å². The highest BCUT2D eigenvalue weighted by Gasteiger charge is 2.52. The van der Waals surface area contributed by atoms with E-state index in [-0.39, 0.29) is 60.9 Å². The smallest absolute Gasteiger partial charge is 0.264 e. The van der Waals surface area contributed by atoms with Crippen molar-refractivity contribution in [2.24, 2.45) is 5.41 Å². The first kappa shape index (κ1) is 58.0. The average Bonchev–Trinajstić information content (AvgIpc) is 1.30. The zero-order chi connectivity index (χ0) is 60.2. The molecular formula is C80H101BN2S. The lowest BCUT2D eigenvalue weighted by Crippen LogP contribution is -2.61. The molecule has 3 heterocycles. The molecule has 84 heavy (non-hydrogen) atoms. The first-order chi connectivity index (χ1) is 39.0. The number of hydrogen-bond donors (Lipinski definition) is 0. The molecule has 4 aliphatic carbocycles. The van der Waals surface area contributed by atoms with E-state index in [1.807, 2.05) is 0 Å². The van der Waals surface area contributed by atoms with Gasteiger partial charge in [-0.2, -0.15) is 0 Å². The molecule has 0 N–H and O–H groups in total. The molecule has 4 heteroatoms. The molecule has 6 aromatic carbocycles. The summed E-state index contributed by atoms with van der Waals surface area (Å²) in [7, 11) is 0. The molecule has 2 aliphatic heterocycles. The van der Waals surface area contributed by atoms with Crippen LogP contribution >= 0.6 is 11.3 Å². The van der Waals surface area contributed by atoms with Crippen molar-refractivity contribution in [3.05, 3.63) is 158 Å². The van der Waals surface area contributed by atoms with E-state index in [4.69, 9.17) is 0 Å². The summed E-state index contributed by atoms with van der Waals surface area (Å²) in [6, 6.07) is 41.5. The summed E-state index contributed by atoms with van der Waals surface area (Å²) >= 11 is 2.11. The molecule has 7 aromatic rings. The van der Waals surface area contributed by atoms with Gasteiger partial charge in [-0.25, -0.2) is 0 Å². The Labute approximate surface area is 513 Å². The van der Waals surface area contributed by atoms with Crippen molar-refractivity contribution in [3.8, 4) is 0 Å². The van der Waals surface area contributed by atoms with E-state index in [9.17, 15) is 0 Å². The van der Waals surface area contributed by atoms with Crippen LogP contribution in [0.1, 0.15) is 264 Å². The molecule has 0 amide bonds. The maximum atomic E-state index is 2.83. The van der Waals surface area contributed by atoms with Crippen LogP contribution in [-0.2, 0) is 55.2 Å². The molecule has 6 aliphatic rings. The van der Waals surface area contributed by atoms with E-state index in [1.165, 1.54) is 169 Å². The lowest BCUT2D eigenvalue weighted by Gasteiger charge is -2.52. The minimum absolute atomic E-state index is 0.00801. The van der Waals surface area contributed by atoms with E-state index < -0.39 is 0 Å². The van der Waals surface area contributed by atoms with Gasteiger partial charge in [0, 0.05) is 43.3 Å². The first-order valence-electron chi connectivity index (χ1n) is 32.9. The Balaban J connectivity index is 1.16. The van der Waals surface area contributed by atoms with Gasteiger partial charge in [-0.15, -0.1) is 11.3 Å². The molecule has 2 unspecified atom stereocenters. The lowest BCUT2D eigenvalue weighted by molar-refractivity contribution is 0.0873. The summed E-state index contributed by atoms with van der Waals surface area (Å²) in [5.41, 5.74) is 27.9. The molecule has 2 atom stereocenters. The second kappa shape index (κ2) is 18.5.